The molecule has 5 N–H and O–H groups in total. The number of thiol groups is 1. The van der Waals surface area contributed by atoms with Crippen molar-refractivity contribution in [3.8, 4) is 5.75 Å². The third-order valence-electron chi connectivity index (χ3n) is 4.86. The number of hydrogen-bond acceptors (Lipinski definition) is 6. The van der Waals surface area contributed by atoms with Crippen molar-refractivity contribution in [1.82, 2.24) is 16.0 Å². The van der Waals surface area contributed by atoms with Crippen LogP contribution in [0.4, 0.5) is 0 Å². The highest BCUT2D eigenvalue weighted by Crippen LogP contribution is 2.23. The van der Waals surface area contributed by atoms with E-state index in [1.165, 1.54) is 7.05 Å². The van der Waals surface area contributed by atoms with Crippen molar-refractivity contribution in [2.24, 2.45) is 17.6 Å². The van der Waals surface area contributed by atoms with Gasteiger partial charge in [0.15, 0.2) is 0 Å². The van der Waals surface area contributed by atoms with Crippen molar-refractivity contribution in [3.05, 3.63) is 29.8 Å². The minimum Gasteiger partial charge on any atom is -0.497 e. The zero-order chi connectivity index (χ0) is 24.3. The van der Waals surface area contributed by atoms with Crippen LogP contribution in [-0.4, -0.2) is 55.6 Å². The summed E-state index contributed by atoms with van der Waals surface area (Å²) >= 11 is 4.49. The van der Waals surface area contributed by atoms with Gasteiger partial charge < -0.3 is 26.4 Å². The molecule has 1 aromatic carbocycles. The Morgan fingerprint density at radius 1 is 1.09 bits per heavy atom. The summed E-state index contributed by atoms with van der Waals surface area (Å²) < 4.78 is 5.15. The highest BCUT2D eigenvalue weighted by molar-refractivity contribution is 7.81. The summed E-state index contributed by atoms with van der Waals surface area (Å²) in [5, 5.41) is 7.20. The maximum Gasteiger partial charge on any atom is 0.242 e. The molecule has 0 bridgehead atoms. The molecule has 1 rings (SSSR count). The van der Waals surface area contributed by atoms with E-state index in [4.69, 9.17) is 10.5 Å². The van der Waals surface area contributed by atoms with Crippen LogP contribution in [0, 0.1) is 11.8 Å². The number of amides is 4. The normalized spacial score (nSPS) is 13.6. The molecule has 0 spiro atoms. The molecule has 0 fully saturated rings. The number of likely N-dealkylation sites (N-methyl/N-ethyl adjacent to an activating group) is 1. The highest BCUT2D eigenvalue weighted by atomic mass is 32.1. The summed E-state index contributed by atoms with van der Waals surface area (Å²) in [5.74, 6) is -1.52. The predicted octanol–water partition coefficient (Wildman–Crippen LogP) is 0.421. The van der Waals surface area contributed by atoms with Crippen LogP contribution < -0.4 is 26.4 Å². The number of nitrogens with two attached hydrogens (primary N) is 1. The van der Waals surface area contributed by atoms with Crippen molar-refractivity contribution < 1.29 is 23.9 Å². The second-order valence-electron chi connectivity index (χ2n) is 7.98. The van der Waals surface area contributed by atoms with Crippen LogP contribution in [0.1, 0.15) is 32.3 Å². The van der Waals surface area contributed by atoms with Crippen LogP contribution >= 0.6 is 12.6 Å². The van der Waals surface area contributed by atoms with Crippen LogP contribution in [0.5, 0.6) is 5.75 Å². The molecule has 0 saturated heterocycles. The van der Waals surface area contributed by atoms with Gasteiger partial charge in [-0.15, -0.1) is 0 Å². The number of nitrogens with one attached hydrogen (secondary N) is 3. The van der Waals surface area contributed by atoms with Crippen LogP contribution in [0.25, 0.3) is 0 Å². The van der Waals surface area contributed by atoms with Gasteiger partial charge in [0.1, 0.15) is 11.8 Å². The van der Waals surface area contributed by atoms with E-state index in [1.54, 1.807) is 19.2 Å². The second-order valence-corrected chi connectivity index (χ2v) is 8.64. The SMILES string of the molecule is CNC(=O)[C@H](Cc1ccc(OC)cc1)NC(=O)[C@H](CC(C)C)[C@@H](S)CC(=O)NCC(N)=O. The van der Waals surface area contributed by atoms with E-state index in [-0.39, 0.29) is 30.7 Å². The van der Waals surface area contributed by atoms with Crippen LogP contribution in [-0.2, 0) is 25.6 Å². The summed E-state index contributed by atoms with van der Waals surface area (Å²) in [5.41, 5.74) is 5.89. The smallest absolute Gasteiger partial charge is 0.242 e. The van der Waals surface area contributed by atoms with Crippen molar-refractivity contribution in [2.75, 3.05) is 20.7 Å². The standard InChI is InChI=1S/C22H34N4O5S/c1-13(2)9-16(18(32)11-20(28)25-12-19(23)27)21(29)26-17(22(30)24-3)10-14-5-7-15(31-4)8-6-14/h5-8,13,16-18,32H,9-12H2,1-4H3,(H2,23,27)(H,24,30)(H,25,28)(H,26,29)/t16-,17+,18+/m1/s1. The molecule has 178 valence electrons. The van der Waals surface area contributed by atoms with Gasteiger partial charge in [-0.1, -0.05) is 26.0 Å². The Bertz CT molecular complexity index is 785. The third-order valence-corrected chi connectivity index (χ3v) is 5.40. The van der Waals surface area contributed by atoms with Crippen molar-refractivity contribution >= 4 is 36.3 Å². The minimum absolute atomic E-state index is 0.0652. The Morgan fingerprint density at radius 2 is 1.72 bits per heavy atom. The quantitative estimate of drug-likeness (QED) is 0.268. The molecule has 0 aliphatic rings. The number of benzene rings is 1. The number of methoxy groups -OCH3 is 1. The molecule has 0 aliphatic heterocycles. The average Bonchev–Trinajstić information content (AvgIpc) is 2.75. The molecule has 3 atom stereocenters. The van der Waals surface area contributed by atoms with E-state index in [0.717, 1.165) is 5.56 Å². The Kier molecular flexibility index (Phi) is 11.6. The van der Waals surface area contributed by atoms with Gasteiger partial charge in [-0.25, -0.2) is 0 Å². The Labute approximate surface area is 194 Å². The fourth-order valence-electron chi connectivity index (χ4n) is 3.20. The van der Waals surface area contributed by atoms with Crippen LogP contribution in [0.2, 0.25) is 0 Å². The van der Waals surface area contributed by atoms with E-state index in [1.807, 2.05) is 26.0 Å². The summed E-state index contributed by atoms with van der Waals surface area (Å²) in [6.07, 6.45) is 0.705. The minimum atomic E-state index is -0.792. The summed E-state index contributed by atoms with van der Waals surface area (Å²) in [4.78, 5) is 48.5. The average molecular weight is 467 g/mol. The van der Waals surface area contributed by atoms with Gasteiger partial charge >= 0.3 is 0 Å². The Morgan fingerprint density at radius 3 is 2.22 bits per heavy atom. The number of carbonyl (C=O) groups excluding carboxylic acids is 4. The summed E-state index contributed by atoms with van der Waals surface area (Å²) in [7, 11) is 3.07. The zero-order valence-electron chi connectivity index (χ0n) is 19.0. The molecule has 1 aromatic rings. The largest absolute Gasteiger partial charge is 0.497 e. The lowest BCUT2D eigenvalue weighted by Gasteiger charge is -2.26. The molecule has 4 amide bonds. The number of ether oxygens (including phenoxy) is 1. The zero-order valence-corrected chi connectivity index (χ0v) is 19.9. The Hall–Kier alpha value is -2.75. The molecule has 0 aromatic heterocycles. The molecular weight excluding hydrogens is 432 g/mol. The lowest BCUT2D eigenvalue weighted by molar-refractivity contribution is -0.131. The summed E-state index contributed by atoms with van der Waals surface area (Å²) in [6.45, 7) is 3.64. The Balaban J connectivity index is 2.92. The first-order valence-corrected chi connectivity index (χ1v) is 11.0. The molecule has 32 heavy (non-hydrogen) atoms. The molecule has 0 heterocycles. The number of carbonyl (C=O) groups is 4. The van der Waals surface area contributed by atoms with Crippen molar-refractivity contribution in [3.63, 3.8) is 0 Å². The van der Waals surface area contributed by atoms with Crippen molar-refractivity contribution in [2.45, 2.75) is 44.4 Å². The van der Waals surface area contributed by atoms with Crippen molar-refractivity contribution in [1.29, 1.82) is 0 Å². The fraction of sp³-hybridized carbons (Fsp3) is 0.545. The third kappa shape index (κ3) is 9.59. The molecule has 0 unspecified atom stereocenters. The lowest BCUT2D eigenvalue weighted by atomic mass is 9.90. The first-order chi connectivity index (χ1) is 15.1. The molecular formula is C22H34N4O5S. The molecule has 10 heteroatoms. The van der Waals surface area contributed by atoms with E-state index in [2.05, 4.69) is 28.6 Å². The topological polar surface area (TPSA) is 140 Å². The van der Waals surface area contributed by atoms with Crippen LogP contribution in [0.15, 0.2) is 24.3 Å². The van der Waals surface area contributed by atoms with Gasteiger partial charge in [0.2, 0.25) is 23.6 Å². The second kappa shape index (κ2) is 13.6. The maximum absolute atomic E-state index is 13.1. The predicted molar refractivity (Wildman–Crippen MR) is 125 cm³/mol. The monoisotopic (exact) mass is 466 g/mol. The first-order valence-electron chi connectivity index (χ1n) is 10.4. The number of hydrogen-bond donors (Lipinski definition) is 5. The van der Waals surface area contributed by atoms with E-state index in [0.29, 0.717) is 18.6 Å². The molecule has 0 aliphatic carbocycles. The van der Waals surface area contributed by atoms with Gasteiger partial charge in [-0.2, -0.15) is 12.6 Å². The van der Waals surface area contributed by atoms with Crippen LogP contribution in [0.3, 0.4) is 0 Å². The fourth-order valence-corrected chi connectivity index (χ4v) is 3.62. The lowest BCUT2D eigenvalue weighted by Crippen LogP contribution is -2.50. The van der Waals surface area contributed by atoms with Gasteiger partial charge in [0.05, 0.1) is 19.6 Å². The number of rotatable bonds is 13. The van der Waals surface area contributed by atoms with Gasteiger partial charge in [-0.05, 0) is 30.0 Å². The van der Waals surface area contributed by atoms with E-state index >= 15 is 0 Å². The summed E-state index contributed by atoms with van der Waals surface area (Å²) in [6, 6.07) is 6.44. The number of primary amides is 1. The van der Waals surface area contributed by atoms with Gasteiger partial charge in [-0.3, -0.25) is 19.2 Å². The first kappa shape index (κ1) is 27.3. The van der Waals surface area contributed by atoms with E-state index < -0.39 is 29.0 Å². The molecule has 0 saturated carbocycles. The van der Waals surface area contributed by atoms with Gasteiger partial charge in [0.25, 0.3) is 0 Å². The highest BCUT2D eigenvalue weighted by Gasteiger charge is 2.31. The van der Waals surface area contributed by atoms with Gasteiger partial charge in [0, 0.05) is 25.1 Å². The maximum atomic E-state index is 13.1. The molecule has 9 nitrogen and oxygen atoms in total. The van der Waals surface area contributed by atoms with E-state index in [9.17, 15) is 19.2 Å². The molecule has 0 radical (unpaired) electrons.